The van der Waals surface area contributed by atoms with Gasteiger partial charge >= 0.3 is 7.75 Å². The minimum atomic E-state index is -3.25. The predicted molar refractivity (Wildman–Crippen MR) is 39.5 cm³/mol. The Morgan fingerprint density at radius 2 is 1.73 bits per heavy atom. The summed E-state index contributed by atoms with van der Waals surface area (Å²) in [6.45, 7) is 0. The lowest BCUT2D eigenvalue weighted by atomic mass is 11.2. The molecule has 0 heterocycles. The van der Waals surface area contributed by atoms with E-state index in [2.05, 4.69) is 19.2 Å². The Hall–Kier alpha value is 0.0300. The van der Waals surface area contributed by atoms with Gasteiger partial charge in [0, 0.05) is 28.3 Å². The molecular weight excluding hydrogens is 171 g/mol. The molecule has 0 aliphatic heterocycles. The van der Waals surface area contributed by atoms with Gasteiger partial charge in [-0.25, -0.2) is 9.50 Å². The van der Waals surface area contributed by atoms with E-state index in [0.29, 0.717) is 0 Å². The maximum atomic E-state index is 11.1. The molecule has 0 radical (unpaired) electrons. The molecule has 0 aliphatic rings. The monoisotopic (exact) mass is 184 g/mol. The van der Waals surface area contributed by atoms with Gasteiger partial charge in [-0.1, -0.05) is 5.25 Å². The van der Waals surface area contributed by atoms with Crippen LogP contribution in [-0.2, 0) is 18.6 Å². The highest BCUT2D eigenvalue weighted by molar-refractivity contribution is 7.51. The van der Waals surface area contributed by atoms with Crippen LogP contribution in [0.25, 0.3) is 0 Å². The summed E-state index contributed by atoms with van der Waals surface area (Å²) in [7, 11) is 2.53. The van der Waals surface area contributed by atoms with Crippen LogP contribution in [0, 0.1) is 0 Å². The highest BCUT2D eigenvalue weighted by Crippen LogP contribution is 2.41. The smallest absolute Gasteiger partial charge is 0.299 e. The normalized spacial score (nSPS) is 12.5. The van der Waals surface area contributed by atoms with Crippen LogP contribution in [0.1, 0.15) is 0 Å². The minimum Gasteiger partial charge on any atom is -0.299 e. The summed E-state index contributed by atoms with van der Waals surface area (Å²) in [5.41, 5.74) is 0. The lowest BCUT2D eigenvalue weighted by molar-refractivity contribution is -0.156. The predicted octanol–water partition coefficient (Wildman–Crippen LogP) is 0.385. The minimum absolute atomic E-state index is 1.26. The van der Waals surface area contributed by atoms with Crippen molar-refractivity contribution in [3.63, 3.8) is 0 Å². The number of nitrogens with zero attached hydrogens (tertiary/aromatic N) is 1. The lowest BCUT2D eigenvalue weighted by Gasteiger charge is -2.16. The third-order valence-electron chi connectivity index (χ3n) is 0.816. The van der Waals surface area contributed by atoms with E-state index in [1.54, 1.807) is 14.1 Å². The molecule has 0 aliphatic carbocycles. The summed E-state index contributed by atoms with van der Waals surface area (Å²) >= 11 is 0. The molecule has 68 valence electrons. The summed E-state index contributed by atoms with van der Waals surface area (Å²) in [6.07, 6.45) is 0. The summed E-state index contributed by atoms with van der Waals surface area (Å²) in [5.74, 6) is 0. The second-order valence-corrected chi connectivity index (χ2v) is 3.77. The molecule has 0 atom stereocenters. The Bertz CT molecular complexity index is 143. The van der Waals surface area contributed by atoms with E-state index in [1.165, 1.54) is 19.3 Å². The van der Waals surface area contributed by atoms with Crippen LogP contribution in [0.2, 0.25) is 0 Å². The van der Waals surface area contributed by atoms with Crippen LogP contribution in [-0.4, -0.2) is 33.4 Å². The molecule has 7 heteroatoms. The Morgan fingerprint density at radius 1 is 1.27 bits per heavy atom. The van der Waals surface area contributed by atoms with Crippen molar-refractivity contribution in [3.05, 3.63) is 0 Å². The Labute approximate surface area is 65.9 Å². The second-order valence-electron chi connectivity index (χ2n) is 1.86. The van der Waals surface area contributed by atoms with Gasteiger partial charge in [0.1, 0.15) is 0 Å². The van der Waals surface area contributed by atoms with Crippen molar-refractivity contribution in [1.82, 2.24) is 10.3 Å². The first-order valence-corrected chi connectivity index (χ1v) is 4.41. The van der Waals surface area contributed by atoms with Crippen molar-refractivity contribution in [2.45, 2.75) is 0 Å². The number of rotatable bonds is 5. The first-order chi connectivity index (χ1) is 5.04. The standard InChI is InChI=1S/C4H13N2O4P/c1-6(2)10-5-11(7,8-3)9-4/h1-4H3,(H,5,7). The fraction of sp³-hybridized carbons (Fsp3) is 1.00. The quantitative estimate of drug-likeness (QED) is 0.492. The highest BCUT2D eigenvalue weighted by atomic mass is 31.2. The topological polar surface area (TPSA) is 60.0 Å². The molecule has 0 saturated heterocycles. The number of hydrogen-bond acceptors (Lipinski definition) is 5. The lowest BCUT2D eigenvalue weighted by Crippen LogP contribution is -2.23. The molecule has 1 N–H and O–H groups in total. The largest absolute Gasteiger partial charge is 0.429 e. The van der Waals surface area contributed by atoms with Crippen molar-refractivity contribution in [2.75, 3.05) is 28.3 Å². The van der Waals surface area contributed by atoms with Crippen LogP contribution in [0.3, 0.4) is 0 Å². The molecule has 0 bridgehead atoms. The van der Waals surface area contributed by atoms with Crippen LogP contribution in [0.15, 0.2) is 0 Å². The molecule has 0 rings (SSSR count). The third kappa shape index (κ3) is 4.47. The molecule has 0 aromatic rings. The fourth-order valence-electron chi connectivity index (χ4n) is 0.281. The van der Waals surface area contributed by atoms with Crippen LogP contribution < -0.4 is 5.25 Å². The third-order valence-corrected chi connectivity index (χ3v) is 2.08. The van der Waals surface area contributed by atoms with Crippen molar-refractivity contribution in [2.24, 2.45) is 0 Å². The average molecular weight is 184 g/mol. The zero-order valence-electron chi connectivity index (χ0n) is 7.03. The van der Waals surface area contributed by atoms with E-state index in [-0.39, 0.29) is 0 Å². The molecule has 0 fully saturated rings. The Balaban J connectivity index is 3.79. The Morgan fingerprint density at radius 3 is 2.00 bits per heavy atom. The summed E-state index contributed by atoms with van der Waals surface area (Å²) in [5, 5.41) is 3.46. The Kier molecular flexibility index (Phi) is 4.83. The van der Waals surface area contributed by atoms with Gasteiger partial charge < -0.3 is 0 Å². The molecule has 0 spiro atoms. The number of hydroxylamine groups is 2. The van der Waals surface area contributed by atoms with Crippen molar-refractivity contribution in [1.29, 1.82) is 0 Å². The fourth-order valence-corrected chi connectivity index (χ4v) is 0.842. The molecule has 11 heavy (non-hydrogen) atoms. The first kappa shape index (κ1) is 11.0. The van der Waals surface area contributed by atoms with Crippen LogP contribution in [0.5, 0.6) is 0 Å². The second kappa shape index (κ2) is 4.82. The zero-order valence-corrected chi connectivity index (χ0v) is 7.92. The van der Waals surface area contributed by atoms with Crippen molar-refractivity contribution in [3.8, 4) is 0 Å². The van der Waals surface area contributed by atoms with Gasteiger partial charge in [0.05, 0.1) is 0 Å². The van der Waals surface area contributed by atoms with E-state index in [0.717, 1.165) is 0 Å². The average Bonchev–Trinajstić information content (AvgIpc) is 2.00. The SMILES string of the molecule is COP(=O)(NON(C)C)OC. The van der Waals surface area contributed by atoms with Gasteiger partial charge in [-0.2, -0.15) is 5.06 Å². The molecule has 0 amide bonds. The van der Waals surface area contributed by atoms with E-state index in [4.69, 9.17) is 0 Å². The molecule has 0 saturated carbocycles. The first-order valence-electron chi connectivity index (χ1n) is 2.87. The molecule has 0 aromatic heterocycles. The summed E-state index contributed by atoms with van der Waals surface area (Å²) in [6, 6.07) is 0. The van der Waals surface area contributed by atoms with Crippen LogP contribution in [0.4, 0.5) is 0 Å². The van der Waals surface area contributed by atoms with Crippen molar-refractivity contribution < 1.29 is 18.6 Å². The van der Waals surface area contributed by atoms with E-state index in [1.807, 2.05) is 0 Å². The molecule has 6 nitrogen and oxygen atoms in total. The number of hydrogen-bond donors (Lipinski definition) is 1. The van der Waals surface area contributed by atoms with Gasteiger partial charge in [-0.05, 0) is 0 Å². The molecule has 0 unspecified atom stereocenters. The maximum Gasteiger partial charge on any atom is 0.429 e. The summed E-state index contributed by atoms with van der Waals surface area (Å²) < 4.78 is 20.2. The van der Waals surface area contributed by atoms with Gasteiger partial charge in [-0.15, -0.1) is 0 Å². The molecular formula is C4H13N2O4P. The van der Waals surface area contributed by atoms with E-state index < -0.39 is 7.75 Å². The highest BCUT2D eigenvalue weighted by Gasteiger charge is 2.21. The van der Waals surface area contributed by atoms with Gasteiger partial charge in [0.2, 0.25) is 0 Å². The van der Waals surface area contributed by atoms with Gasteiger partial charge in [0.15, 0.2) is 0 Å². The van der Waals surface area contributed by atoms with E-state index in [9.17, 15) is 4.57 Å². The molecule has 0 aromatic carbocycles. The van der Waals surface area contributed by atoms with E-state index >= 15 is 0 Å². The summed E-state index contributed by atoms with van der Waals surface area (Å²) in [4.78, 5) is 4.66. The number of nitrogens with one attached hydrogen (secondary N) is 1. The van der Waals surface area contributed by atoms with Gasteiger partial charge in [0.25, 0.3) is 0 Å². The zero-order chi connectivity index (χ0) is 8.91. The maximum absolute atomic E-state index is 11.1. The van der Waals surface area contributed by atoms with Crippen LogP contribution >= 0.6 is 7.75 Å². The van der Waals surface area contributed by atoms with Crippen molar-refractivity contribution >= 4 is 7.75 Å². The van der Waals surface area contributed by atoms with Gasteiger partial charge in [-0.3, -0.25) is 9.05 Å².